The Labute approximate surface area is 171 Å². The van der Waals surface area contributed by atoms with Gasteiger partial charge >= 0.3 is 54.1 Å². The summed E-state index contributed by atoms with van der Waals surface area (Å²) < 4.78 is 3.74. The van der Waals surface area contributed by atoms with Crippen molar-refractivity contribution >= 4 is 42.1 Å². The van der Waals surface area contributed by atoms with Gasteiger partial charge in [-0.2, -0.15) is 6.67 Å². The SMILES string of the molecule is CN1C=CN(Cc2ccc([Si](O)(O)O)cc2)[CH-]1.CO[Si](O)(O)O.[Ag][I]. The average molecular weight is 596 g/mol. The Hall–Kier alpha value is 0.184. The molecule has 0 radical (unpaired) electrons. The quantitative estimate of drug-likeness (QED) is 0.134. The molecule has 25 heavy (non-hydrogen) atoms. The molecule has 148 valence electrons. The van der Waals surface area contributed by atoms with Crippen molar-refractivity contribution in [2.24, 2.45) is 0 Å². The summed E-state index contributed by atoms with van der Waals surface area (Å²) in [6.07, 6.45) is 3.90. The van der Waals surface area contributed by atoms with E-state index in [1.54, 1.807) is 24.3 Å². The molecule has 0 bridgehead atoms. The van der Waals surface area contributed by atoms with E-state index in [1.807, 2.05) is 54.9 Å². The molecule has 0 spiro atoms. The maximum atomic E-state index is 9.11. The van der Waals surface area contributed by atoms with Crippen molar-refractivity contribution in [2.75, 3.05) is 14.2 Å². The Morgan fingerprint density at radius 3 is 1.84 bits per heavy atom. The first-order valence-electron chi connectivity index (χ1n) is 6.62. The second-order valence-electron chi connectivity index (χ2n) is 4.86. The van der Waals surface area contributed by atoms with E-state index < -0.39 is 17.9 Å². The third-order valence-corrected chi connectivity index (χ3v) is 4.46. The van der Waals surface area contributed by atoms with Crippen LogP contribution in [0.1, 0.15) is 5.56 Å². The number of hydrogen-bond donors (Lipinski definition) is 6. The van der Waals surface area contributed by atoms with Gasteiger partial charge in [0.05, 0.1) is 0 Å². The van der Waals surface area contributed by atoms with Crippen LogP contribution in [-0.2, 0) is 28.2 Å². The Kier molecular flexibility index (Phi) is 11.9. The third-order valence-electron chi connectivity index (χ3n) is 2.80. The summed E-state index contributed by atoms with van der Waals surface area (Å²) in [6, 6.07) is 6.65. The number of halogens is 1. The van der Waals surface area contributed by atoms with Crippen molar-refractivity contribution in [3.8, 4) is 0 Å². The molecule has 0 aliphatic carbocycles. The Bertz CT molecular complexity index is 526. The molecule has 1 aromatic carbocycles. The van der Waals surface area contributed by atoms with Gasteiger partial charge in [0, 0.05) is 18.8 Å². The summed E-state index contributed by atoms with van der Waals surface area (Å²) in [6.45, 7) is 2.66. The molecule has 0 aromatic heterocycles. The second-order valence-corrected chi connectivity index (χ2v) is 8.27. The predicted octanol–water partition coefficient (Wildman–Crippen LogP) is -1.92. The molecule has 13 heteroatoms. The fourth-order valence-electron chi connectivity index (χ4n) is 1.64. The summed E-state index contributed by atoms with van der Waals surface area (Å²) in [5.41, 5.74) is 1.03. The first-order chi connectivity index (χ1) is 11.5. The van der Waals surface area contributed by atoms with Crippen molar-refractivity contribution in [3.05, 3.63) is 48.9 Å². The van der Waals surface area contributed by atoms with E-state index in [0.29, 0.717) is 6.54 Å². The van der Waals surface area contributed by atoms with Crippen LogP contribution in [0.15, 0.2) is 36.7 Å². The number of nitrogens with zero attached hydrogens (tertiary/aromatic N) is 2. The van der Waals surface area contributed by atoms with Gasteiger partial charge < -0.3 is 43.0 Å². The molecule has 1 aliphatic rings. The number of rotatable bonds is 4. The van der Waals surface area contributed by atoms with Gasteiger partial charge in [-0.25, -0.2) is 0 Å². The van der Waals surface area contributed by atoms with Crippen LogP contribution in [0.25, 0.3) is 0 Å². The van der Waals surface area contributed by atoms with Crippen molar-refractivity contribution in [1.29, 1.82) is 0 Å². The first kappa shape index (κ1) is 25.2. The number of hydrogen-bond acceptors (Lipinski definition) is 9. The standard InChI is InChI=1S/C11H15N2O3Si.CH6O4Si.Ag.HI/c1-12-6-7-13(9-12)8-10-2-4-11(5-3-10)17(14,15)16;1-5-6(2,3)4;;/h2-7,9,14-16H,8H2,1H3;2-4H,1H3;;1H/q-1;;+1;/p-1. The van der Waals surface area contributed by atoms with Gasteiger partial charge in [0.2, 0.25) is 0 Å². The van der Waals surface area contributed by atoms with E-state index in [0.717, 1.165) is 12.7 Å². The van der Waals surface area contributed by atoms with Gasteiger partial charge in [-0.1, -0.05) is 24.3 Å². The summed E-state index contributed by atoms with van der Waals surface area (Å²) in [5.74, 6) is 0. The van der Waals surface area contributed by atoms with Gasteiger partial charge in [0.25, 0.3) is 0 Å². The van der Waals surface area contributed by atoms with Gasteiger partial charge in [-0.3, -0.25) is 0 Å². The van der Waals surface area contributed by atoms with E-state index in [-0.39, 0.29) is 5.19 Å². The molecule has 9 nitrogen and oxygen atoms in total. The van der Waals surface area contributed by atoms with Crippen molar-refractivity contribution in [3.63, 3.8) is 0 Å². The second kappa shape index (κ2) is 11.8. The molecule has 2 rings (SSSR count). The zero-order chi connectivity index (χ0) is 19.7. The van der Waals surface area contributed by atoms with Crippen LogP contribution in [0, 0.1) is 6.67 Å². The first-order valence-corrected chi connectivity index (χ1v) is 14.6. The molecular formula is C12H21AgIN2O7Si2-. The third kappa shape index (κ3) is 11.5. The zero-order valence-corrected chi connectivity index (χ0v) is 19.1. The van der Waals surface area contributed by atoms with Crippen LogP contribution >= 0.6 is 19.0 Å². The van der Waals surface area contributed by atoms with E-state index in [2.05, 4.69) is 21.7 Å². The van der Waals surface area contributed by atoms with Crippen molar-refractivity contribution in [1.82, 2.24) is 9.80 Å². The Morgan fingerprint density at radius 2 is 1.52 bits per heavy atom. The van der Waals surface area contributed by atoms with Crippen LogP contribution < -0.4 is 5.19 Å². The van der Waals surface area contributed by atoms with Crippen LogP contribution in [-0.4, -0.2) is 70.6 Å². The molecule has 1 heterocycles. The topological polar surface area (TPSA) is 137 Å². The van der Waals surface area contributed by atoms with Crippen LogP contribution in [0.3, 0.4) is 0 Å². The van der Waals surface area contributed by atoms with E-state index in [1.165, 1.54) is 0 Å². The molecule has 0 saturated carbocycles. The summed E-state index contributed by atoms with van der Waals surface area (Å²) >= 11 is 4.88. The average Bonchev–Trinajstić information content (AvgIpc) is 2.94. The Morgan fingerprint density at radius 1 is 1.04 bits per heavy atom. The summed E-state index contributed by atoms with van der Waals surface area (Å²) in [4.78, 5) is 54.9. The van der Waals surface area contributed by atoms with E-state index in [9.17, 15) is 0 Å². The maximum absolute atomic E-state index is 9.11. The fraction of sp³-hybridized carbons (Fsp3) is 0.250. The molecule has 1 aliphatic heterocycles. The van der Waals surface area contributed by atoms with Crippen LogP contribution in [0.2, 0.25) is 0 Å². The van der Waals surface area contributed by atoms with Gasteiger partial charge in [-0.05, 0) is 25.0 Å². The molecule has 0 fully saturated rings. The number of benzene rings is 1. The summed E-state index contributed by atoms with van der Waals surface area (Å²) in [5, 5.41) is 0.194. The molecule has 0 unspecified atom stereocenters. The minimum atomic E-state index is -4.16. The minimum absolute atomic E-state index is 0.194. The Balaban J connectivity index is 0.000000614. The zero-order valence-electron chi connectivity index (χ0n) is 13.4. The van der Waals surface area contributed by atoms with Crippen molar-refractivity contribution < 1.29 is 50.5 Å². The van der Waals surface area contributed by atoms with E-state index >= 15 is 0 Å². The fourth-order valence-corrected chi connectivity index (χ4v) is 2.25. The van der Waals surface area contributed by atoms with Crippen LogP contribution in [0.4, 0.5) is 0 Å². The normalized spacial score (nSPS) is 13.9. The molecular weight excluding hydrogens is 575 g/mol. The molecule has 6 N–H and O–H groups in total. The molecule has 0 atom stereocenters. The molecule has 1 aromatic rings. The van der Waals surface area contributed by atoms with Crippen LogP contribution in [0.5, 0.6) is 0 Å². The molecule has 0 saturated heterocycles. The molecule has 0 amide bonds. The van der Waals surface area contributed by atoms with Crippen molar-refractivity contribution in [2.45, 2.75) is 6.54 Å². The van der Waals surface area contributed by atoms with E-state index in [4.69, 9.17) is 28.8 Å². The predicted molar refractivity (Wildman–Crippen MR) is 98.7 cm³/mol. The van der Waals surface area contributed by atoms with Gasteiger partial charge in [-0.15, -0.1) is 0 Å². The van der Waals surface area contributed by atoms with Gasteiger partial charge in [0.1, 0.15) is 0 Å². The van der Waals surface area contributed by atoms with Gasteiger partial charge in [0.15, 0.2) is 0 Å². The summed E-state index contributed by atoms with van der Waals surface area (Å²) in [7, 11) is -5.32. The monoisotopic (exact) mass is 595 g/mol.